The third-order valence-corrected chi connectivity index (χ3v) is 2.42. The normalized spacial score (nSPS) is 9.72. The van der Waals surface area contributed by atoms with Crippen LogP contribution in [0.1, 0.15) is 21.7 Å². The molecule has 5 nitrogen and oxygen atoms in total. The molecule has 18 heavy (non-hydrogen) atoms. The molecule has 90 valence electrons. The molecule has 0 fully saturated rings. The fraction of sp³-hybridized carbons (Fsp3) is 0.0769. The summed E-state index contributed by atoms with van der Waals surface area (Å²) in [6, 6.07) is 10.6. The van der Waals surface area contributed by atoms with Crippen molar-refractivity contribution in [1.82, 2.24) is 0 Å². The summed E-state index contributed by atoms with van der Waals surface area (Å²) < 4.78 is 4.87. The van der Waals surface area contributed by atoms with Gasteiger partial charge < -0.3 is 14.8 Å². The van der Waals surface area contributed by atoms with Crippen molar-refractivity contribution in [3.63, 3.8) is 0 Å². The molecule has 1 aromatic carbocycles. The number of anilines is 1. The summed E-state index contributed by atoms with van der Waals surface area (Å²) in [4.78, 5) is 10.8. The standard InChI is InChI=1S/C13H10N2O3/c14-7-9-2-1-3-11(6-9)15-8-10-4-5-18-12(10)13(16)17/h1-6,15H,8H2,(H,16,17). The first-order valence-electron chi connectivity index (χ1n) is 5.24. The Morgan fingerprint density at radius 1 is 1.44 bits per heavy atom. The molecule has 0 aliphatic heterocycles. The van der Waals surface area contributed by atoms with Gasteiger partial charge in [-0.15, -0.1) is 0 Å². The Kier molecular flexibility index (Phi) is 3.30. The number of nitrogens with zero attached hydrogens (tertiary/aromatic N) is 1. The predicted octanol–water partition coefficient (Wildman–Crippen LogP) is 2.46. The van der Waals surface area contributed by atoms with E-state index in [1.165, 1.54) is 6.26 Å². The van der Waals surface area contributed by atoms with E-state index in [1.807, 2.05) is 6.07 Å². The second kappa shape index (κ2) is 5.06. The Balaban J connectivity index is 2.09. The maximum Gasteiger partial charge on any atom is 0.372 e. The smallest absolute Gasteiger partial charge is 0.372 e. The van der Waals surface area contributed by atoms with Gasteiger partial charge in [0, 0.05) is 17.8 Å². The first kappa shape index (κ1) is 11.7. The topological polar surface area (TPSA) is 86.3 Å². The number of carbonyl (C=O) groups is 1. The molecule has 0 saturated heterocycles. The lowest BCUT2D eigenvalue weighted by atomic mass is 10.2. The summed E-state index contributed by atoms with van der Waals surface area (Å²) in [6.45, 7) is 0.326. The largest absolute Gasteiger partial charge is 0.475 e. The second-order valence-electron chi connectivity index (χ2n) is 3.63. The lowest BCUT2D eigenvalue weighted by Gasteiger charge is -2.05. The zero-order chi connectivity index (χ0) is 13.0. The van der Waals surface area contributed by atoms with Gasteiger partial charge in [0.25, 0.3) is 0 Å². The van der Waals surface area contributed by atoms with Crippen LogP contribution in [-0.4, -0.2) is 11.1 Å². The van der Waals surface area contributed by atoms with Gasteiger partial charge in [0.15, 0.2) is 0 Å². The average Bonchev–Trinajstić information content (AvgIpc) is 2.85. The summed E-state index contributed by atoms with van der Waals surface area (Å²) >= 11 is 0. The van der Waals surface area contributed by atoms with E-state index in [0.29, 0.717) is 17.7 Å². The fourth-order valence-electron chi connectivity index (χ4n) is 1.56. The van der Waals surface area contributed by atoms with Crippen LogP contribution < -0.4 is 5.32 Å². The monoisotopic (exact) mass is 242 g/mol. The number of aromatic carboxylic acids is 1. The van der Waals surface area contributed by atoms with Crippen molar-refractivity contribution in [2.45, 2.75) is 6.54 Å². The average molecular weight is 242 g/mol. The van der Waals surface area contributed by atoms with E-state index in [4.69, 9.17) is 14.8 Å². The van der Waals surface area contributed by atoms with E-state index in [0.717, 1.165) is 5.69 Å². The number of furan rings is 1. The van der Waals surface area contributed by atoms with E-state index in [1.54, 1.807) is 30.3 Å². The molecule has 0 atom stereocenters. The maximum absolute atomic E-state index is 10.8. The summed E-state index contributed by atoms with van der Waals surface area (Å²) in [5.74, 6) is -1.17. The molecule has 1 heterocycles. The number of hydrogen-bond acceptors (Lipinski definition) is 4. The van der Waals surface area contributed by atoms with Gasteiger partial charge in [-0.3, -0.25) is 0 Å². The van der Waals surface area contributed by atoms with Gasteiger partial charge in [0.1, 0.15) is 0 Å². The van der Waals surface area contributed by atoms with Crippen LogP contribution in [0.2, 0.25) is 0 Å². The van der Waals surface area contributed by atoms with Crippen LogP contribution in [0.5, 0.6) is 0 Å². The van der Waals surface area contributed by atoms with Gasteiger partial charge in [0.2, 0.25) is 5.76 Å². The molecule has 0 spiro atoms. The van der Waals surface area contributed by atoms with Crippen molar-refractivity contribution >= 4 is 11.7 Å². The molecule has 5 heteroatoms. The van der Waals surface area contributed by atoms with Gasteiger partial charge in [-0.2, -0.15) is 5.26 Å². The van der Waals surface area contributed by atoms with Crippen LogP contribution in [-0.2, 0) is 6.54 Å². The highest BCUT2D eigenvalue weighted by Crippen LogP contribution is 2.15. The van der Waals surface area contributed by atoms with E-state index < -0.39 is 5.97 Å². The van der Waals surface area contributed by atoms with Crippen molar-refractivity contribution in [3.05, 3.63) is 53.5 Å². The third-order valence-electron chi connectivity index (χ3n) is 2.42. The number of carboxylic acid groups (broad SMARTS) is 1. The number of nitriles is 1. The van der Waals surface area contributed by atoms with Gasteiger partial charge in [-0.25, -0.2) is 4.79 Å². The molecule has 2 aromatic rings. The number of hydrogen-bond donors (Lipinski definition) is 2. The Labute approximate surface area is 103 Å². The molecular weight excluding hydrogens is 232 g/mol. The van der Waals surface area contributed by atoms with Crippen molar-refractivity contribution in [2.75, 3.05) is 5.32 Å². The van der Waals surface area contributed by atoms with Gasteiger partial charge in [-0.1, -0.05) is 6.07 Å². The molecule has 2 N–H and O–H groups in total. The minimum Gasteiger partial charge on any atom is -0.475 e. The van der Waals surface area contributed by atoms with E-state index in [-0.39, 0.29) is 5.76 Å². The van der Waals surface area contributed by atoms with Crippen molar-refractivity contribution in [3.8, 4) is 6.07 Å². The molecular formula is C13H10N2O3. The first-order chi connectivity index (χ1) is 8.70. The van der Waals surface area contributed by atoms with Gasteiger partial charge in [0.05, 0.1) is 17.9 Å². The highest BCUT2D eigenvalue weighted by Gasteiger charge is 2.13. The van der Waals surface area contributed by atoms with Crippen LogP contribution in [0.4, 0.5) is 5.69 Å². The SMILES string of the molecule is N#Cc1cccc(NCc2ccoc2C(=O)O)c1. The van der Waals surface area contributed by atoms with Crippen LogP contribution >= 0.6 is 0 Å². The highest BCUT2D eigenvalue weighted by atomic mass is 16.4. The van der Waals surface area contributed by atoms with E-state index >= 15 is 0 Å². The van der Waals surface area contributed by atoms with Crippen LogP contribution in [0.3, 0.4) is 0 Å². The highest BCUT2D eigenvalue weighted by molar-refractivity contribution is 5.86. The Morgan fingerprint density at radius 3 is 3.00 bits per heavy atom. The molecule has 0 unspecified atom stereocenters. The predicted molar refractivity (Wildman–Crippen MR) is 64.2 cm³/mol. The van der Waals surface area contributed by atoms with Gasteiger partial charge in [-0.05, 0) is 24.3 Å². The Morgan fingerprint density at radius 2 is 2.28 bits per heavy atom. The molecule has 0 bridgehead atoms. The summed E-state index contributed by atoms with van der Waals surface area (Å²) in [6.07, 6.45) is 1.34. The second-order valence-corrected chi connectivity index (χ2v) is 3.63. The summed E-state index contributed by atoms with van der Waals surface area (Å²) in [5, 5.41) is 20.7. The fourth-order valence-corrected chi connectivity index (χ4v) is 1.56. The summed E-state index contributed by atoms with van der Waals surface area (Å²) in [7, 11) is 0. The van der Waals surface area contributed by atoms with Crippen LogP contribution in [0.15, 0.2) is 41.0 Å². The first-order valence-corrected chi connectivity index (χ1v) is 5.24. The molecule has 1 aromatic heterocycles. The number of carboxylic acids is 1. The number of rotatable bonds is 4. The Hall–Kier alpha value is -2.74. The van der Waals surface area contributed by atoms with Crippen LogP contribution in [0, 0.1) is 11.3 Å². The minimum absolute atomic E-state index is 0.0704. The maximum atomic E-state index is 10.8. The molecule has 0 aliphatic rings. The van der Waals surface area contributed by atoms with Crippen molar-refractivity contribution in [1.29, 1.82) is 5.26 Å². The van der Waals surface area contributed by atoms with E-state index in [2.05, 4.69) is 5.32 Å². The minimum atomic E-state index is -1.09. The zero-order valence-electron chi connectivity index (χ0n) is 9.38. The quantitative estimate of drug-likeness (QED) is 0.860. The Bertz CT molecular complexity index is 611. The van der Waals surface area contributed by atoms with Gasteiger partial charge >= 0.3 is 5.97 Å². The van der Waals surface area contributed by atoms with Crippen LogP contribution in [0.25, 0.3) is 0 Å². The van der Waals surface area contributed by atoms with Crippen molar-refractivity contribution in [2.24, 2.45) is 0 Å². The molecule has 0 saturated carbocycles. The third kappa shape index (κ3) is 2.50. The molecule has 0 radical (unpaired) electrons. The number of nitrogens with one attached hydrogen (secondary N) is 1. The lowest BCUT2D eigenvalue weighted by molar-refractivity contribution is 0.0661. The molecule has 2 rings (SSSR count). The van der Waals surface area contributed by atoms with Crippen molar-refractivity contribution < 1.29 is 14.3 Å². The zero-order valence-corrected chi connectivity index (χ0v) is 9.38. The summed E-state index contributed by atoms with van der Waals surface area (Å²) in [5.41, 5.74) is 1.86. The molecule has 0 aliphatic carbocycles. The van der Waals surface area contributed by atoms with E-state index in [9.17, 15) is 4.79 Å². The number of benzene rings is 1. The molecule has 0 amide bonds. The lowest BCUT2D eigenvalue weighted by Crippen LogP contribution is -2.04.